The van der Waals surface area contributed by atoms with E-state index in [0.29, 0.717) is 16.0 Å². The molecule has 9 heteroatoms. The number of rotatable bonds is 5. The first-order chi connectivity index (χ1) is 11.2. The van der Waals surface area contributed by atoms with Crippen molar-refractivity contribution >= 4 is 22.9 Å². The van der Waals surface area contributed by atoms with Crippen molar-refractivity contribution in [3.05, 3.63) is 61.8 Å². The van der Waals surface area contributed by atoms with Gasteiger partial charge in [-0.15, -0.1) is 0 Å². The summed E-state index contributed by atoms with van der Waals surface area (Å²) in [5, 5.41) is 14.3. The Hall–Kier alpha value is -2.42. The molecule has 1 heterocycles. The first-order valence-corrected chi connectivity index (χ1v) is 7.74. The third kappa shape index (κ3) is 4.54. The average molecular weight is 358 g/mol. The molecule has 1 amide bonds. The van der Waals surface area contributed by atoms with Crippen molar-refractivity contribution in [1.29, 1.82) is 0 Å². The largest absolute Gasteiger partial charge is 0.406 e. The third-order valence-corrected chi connectivity index (χ3v) is 4.00. The average Bonchev–Trinajstić information content (AvgIpc) is 2.97. The standard InChI is InChI=1S/C15H13F3N2O3S/c1-10-2-3-12(6-13(10)20(22)23)14(21)19(9-15(16,17)18)7-11-4-5-24-8-11/h2-6,8H,7,9H2,1H3. The number of thiophene rings is 1. The number of benzene rings is 1. The molecule has 2 aromatic rings. The summed E-state index contributed by atoms with van der Waals surface area (Å²) < 4.78 is 38.3. The van der Waals surface area contributed by atoms with Gasteiger partial charge in [-0.2, -0.15) is 24.5 Å². The van der Waals surface area contributed by atoms with Crippen molar-refractivity contribution in [2.45, 2.75) is 19.6 Å². The van der Waals surface area contributed by atoms with Crippen molar-refractivity contribution < 1.29 is 22.9 Å². The maximum atomic E-state index is 12.8. The van der Waals surface area contributed by atoms with Crippen LogP contribution in [0.4, 0.5) is 18.9 Å². The lowest BCUT2D eigenvalue weighted by atomic mass is 10.1. The highest BCUT2D eigenvalue weighted by molar-refractivity contribution is 7.07. The van der Waals surface area contributed by atoms with Crippen LogP contribution in [0.3, 0.4) is 0 Å². The lowest BCUT2D eigenvalue weighted by Gasteiger charge is -2.23. The van der Waals surface area contributed by atoms with Gasteiger partial charge in [-0.25, -0.2) is 0 Å². The summed E-state index contributed by atoms with van der Waals surface area (Å²) in [6, 6.07) is 5.27. The molecule has 5 nitrogen and oxygen atoms in total. The van der Waals surface area contributed by atoms with E-state index in [1.807, 2.05) is 0 Å². The van der Waals surface area contributed by atoms with Crippen LogP contribution in [0, 0.1) is 17.0 Å². The van der Waals surface area contributed by atoms with Crippen molar-refractivity contribution in [3.63, 3.8) is 0 Å². The summed E-state index contributed by atoms with van der Waals surface area (Å²) in [6.07, 6.45) is -4.57. The van der Waals surface area contributed by atoms with Crippen molar-refractivity contribution in [1.82, 2.24) is 4.90 Å². The van der Waals surface area contributed by atoms with Crippen LogP contribution >= 0.6 is 11.3 Å². The summed E-state index contributed by atoms with van der Waals surface area (Å²) >= 11 is 1.31. The van der Waals surface area contributed by atoms with Crippen LogP contribution in [-0.4, -0.2) is 28.5 Å². The number of nitro groups is 1. The molecule has 0 radical (unpaired) electrons. The summed E-state index contributed by atoms with van der Waals surface area (Å²) in [5.74, 6) is -0.901. The van der Waals surface area contributed by atoms with E-state index in [4.69, 9.17) is 0 Å². The van der Waals surface area contributed by atoms with Crippen LogP contribution in [-0.2, 0) is 6.54 Å². The molecule has 0 aliphatic rings. The molecule has 0 aliphatic heterocycles. The Morgan fingerprint density at radius 2 is 2.04 bits per heavy atom. The van der Waals surface area contributed by atoms with Crippen LogP contribution in [0.25, 0.3) is 0 Å². The molecule has 1 aromatic heterocycles. The molecule has 0 aliphatic carbocycles. The smallest absolute Gasteiger partial charge is 0.325 e. The van der Waals surface area contributed by atoms with Gasteiger partial charge in [-0.1, -0.05) is 6.07 Å². The molecule has 0 unspecified atom stereocenters. The molecule has 0 saturated carbocycles. The first-order valence-electron chi connectivity index (χ1n) is 6.79. The van der Waals surface area contributed by atoms with E-state index in [-0.39, 0.29) is 17.8 Å². The van der Waals surface area contributed by atoms with E-state index in [1.165, 1.54) is 30.4 Å². The van der Waals surface area contributed by atoms with E-state index < -0.39 is 23.6 Å². The zero-order valence-corrected chi connectivity index (χ0v) is 13.4. The molecule has 2 rings (SSSR count). The van der Waals surface area contributed by atoms with E-state index in [2.05, 4.69) is 0 Å². The van der Waals surface area contributed by atoms with E-state index in [9.17, 15) is 28.1 Å². The predicted molar refractivity (Wildman–Crippen MR) is 82.9 cm³/mol. The normalized spacial score (nSPS) is 11.3. The van der Waals surface area contributed by atoms with Gasteiger partial charge < -0.3 is 4.90 Å². The Morgan fingerprint density at radius 1 is 1.33 bits per heavy atom. The van der Waals surface area contributed by atoms with Crippen molar-refractivity contribution in [3.8, 4) is 0 Å². The van der Waals surface area contributed by atoms with Gasteiger partial charge in [0.15, 0.2) is 0 Å². The molecule has 24 heavy (non-hydrogen) atoms. The number of hydrogen-bond acceptors (Lipinski definition) is 4. The summed E-state index contributed by atoms with van der Waals surface area (Å²) in [5.41, 5.74) is 0.450. The van der Waals surface area contributed by atoms with Gasteiger partial charge in [0, 0.05) is 23.7 Å². The number of nitrogens with zero attached hydrogens (tertiary/aromatic N) is 2. The molecule has 0 bridgehead atoms. The molecule has 0 N–H and O–H groups in total. The molecular formula is C15H13F3N2O3S. The van der Waals surface area contributed by atoms with Crippen LogP contribution < -0.4 is 0 Å². The fraction of sp³-hybridized carbons (Fsp3) is 0.267. The zero-order valence-electron chi connectivity index (χ0n) is 12.5. The quantitative estimate of drug-likeness (QED) is 0.595. The summed E-state index contributed by atoms with van der Waals surface area (Å²) in [6.45, 7) is -0.155. The second-order valence-electron chi connectivity index (χ2n) is 5.17. The predicted octanol–water partition coefficient (Wildman–Crippen LogP) is 4.17. The van der Waals surface area contributed by atoms with Crippen LogP contribution in [0.5, 0.6) is 0 Å². The number of alkyl halides is 3. The number of nitro benzene ring substituents is 1. The number of amides is 1. The molecule has 0 atom stereocenters. The molecule has 0 spiro atoms. The highest BCUT2D eigenvalue weighted by Crippen LogP contribution is 2.24. The molecule has 0 saturated heterocycles. The highest BCUT2D eigenvalue weighted by atomic mass is 32.1. The maximum absolute atomic E-state index is 12.8. The van der Waals surface area contributed by atoms with Gasteiger partial charge in [-0.3, -0.25) is 14.9 Å². The Balaban J connectivity index is 2.33. The first kappa shape index (κ1) is 17.9. The van der Waals surface area contributed by atoms with Gasteiger partial charge in [0.25, 0.3) is 11.6 Å². The van der Waals surface area contributed by atoms with Gasteiger partial charge in [0.2, 0.25) is 0 Å². The van der Waals surface area contributed by atoms with Gasteiger partial charge in [0.1, 0.15) is 6.54 Å². The Bertz CT molecular complexity index is 745. The maximum Gasteiger partial charge on any atom is 0.406 e. The Kier molecular flexibility index (Phi) is 5.23. The minimum absolute atomic E-state index is 0.147. The Labute approximate surface area is 139 Å². The fourth-order valence-corrected chi connectivity index (χ4v) is 2.80. The number of hydrogen-bond donors (Lipinski definition) is 0. The van der Waals surface area contributed by atoms with Crippen LogP contribution in [0.15, 0.2) is 35.0 Å². The van der Waals surface area contributed by atoms with E-state index >= 15 is 0 Å². The van der Waals surface area contributed by atoms with Crippen molar-refractivity contribution in [2.75, 3.05) is 6.54 Å². The second kappa shape index (κ2) is 7.00. The molecule has 1 aromatic carbocycles. The fourth-order valence-electron chi connectivity index (χ4n) is 2.14. The summed E-state index contributed by atoms with van der Waals surface area (Å²) in [7, 11) is 0. The molecular weight excluding hydrogens is 345 g/mol. The monoisotopic (exact) mass is 358 g/mol. The lowest BCUT2D eigenvalue weighted by molar-refractivity contribution is -0.385. The number of carbonyl (C=O) groups is 1. The molecule has 128 valence electrons. The Morgan fingerprint density at radius 3 is 2.58 bits per heavy atom. The summed E-state index contributed by atoms with van der Waals surface area (Å²) in [4.78, 5) is 23.4. The van der Waals surface area contributed by atoms with E-state index in [0.717, 1.165) is 6.07 Å². The number of carbonyl (C=O) groups excluding carboxylic acids is 1. The van der Waals surface area contributed by atoms with Gasteiger partial charge in [-0.05, 0) is 35.4 Å². The van der Waals surface area contributed by atoms with E-state index in [1.54, 1.807) is 16.8 Å². The highest BCUT2D eigenvalue weighted by Gasteiger charge is 2.34. The number of aryl methyl sites for hydroxylation is 1. The van der Waals surface area contributed by atoms with Crippen molar-refractivity contribution in [2.24, 2.45) is 0 Å². The zero-order chi connectivity index (χ0) is 17.9. The lowest BCUT2D eigenvalue weighted by Crippen LogP contribution is -2.38. The molecule has 0 fully saturated rings. The van der Waals surface area contributed by atoms with Crippen LogP contribution in [0.1, 0.15) is 21.5 Å². The van der Waals surface area contributed by atoms with Crippen LogP contribution in [0.2, 0.25) is 0 Å². The minimum Gasteiger partial charge on any atom is -0.325 e. The number of halogens is 3. The topological polar surface area (TPSA) is 63.5 Å². The minimum atomic E-state index is -4.57. The van der Waals surface area contributed by atoms with Gasteiger partial charge >= 0.3 is 6.18 Å². The SMILES string of the molecule is Cc1ccc(C(=O)N(Cc2ccsc2)CC(F)(F)F)cc1[N+](=O)[O-]. The third-order valence-electron chi connectivity index (χ3n) is 3.26. The van der Waals surface area contributed by atoms with Gasteiger partial charge in [0.05, 0.1) is 4.92 Å². The second-order valence-corrected chi connectivity index (χ2v) is 5.95.